The van der Waals surface area contributed by atoms with Crippen LogP contribution in [0.3, 0.4) is 0 Å². The zero-order valence-electron chi connectivity index (χ0n) is 33.5. The summed E-state index contributed by atoms with van der Waals surface area (Å²) < 4.78 is 42.7. The fourth-order valence-corrected chi connectivity index (χ4v) is 8.90. The lowest BCUT2D eigenvalue weighted by atomic mass is 9.98. The molecule has 0 bridgehead atoms. The lowest BCUT2D eigenvalue weighted by Gasteiger charge is -2.37. The maximum Gasteiger partial charge on any atom is 0.228 e. The van der Waals surface area contributed by atoms with Crippen LogP contribution >= 0.6 is 11.5 Å². The van der Waals surface area contributed by atoms with Gasteiger partial charge in [0.05, 0.1) is 56.0 Å². The molecule has 3 unspecified atom stereocenters. The second kappa shape index (κ2) is 16.4. The van der Waals surface area contributed by atoms with Crippen LogP contribution in [0.4, 0.5) is 31.4 Å². The SMILES string of the molecule is CNCc1cc(Nc2ncc(C)c(-c3cnn(CC4(CF)CC4C4COCCN4Cc4ccc(Nc5ncc(C)c(-c6cnn(CC7(CF)CC7)c6)n5)cc4)c3)n2)sn1. The van der Waals surface area contributed by atoms with Gasteiger partial charge in [0, 0.05) is 91.2 Å². The van der Waals surface area contributed by atoms with Gasteiger partial charge in [0.2, 0.25) is 11.9 Å². The van der Waals surface area contributed by atoms with E-state index in [9.17, 15) is 4.39 Å². The van der Waals surface area contributed by atoms with Gasteiger partial charge >= 0.3 is 0 Å². The van der Waals surface area contributed by atoms with Crippen LogP contribution in [0.15, 0.2) is 67.5 Å². The number of ether oxygens (including phenoxy) is 1. The van der Waals surface area contributed by atoms with E-state index in [4.69, 9.17) is 14.7 Å². The molecule has 0 radical (unpaired) electrons. The minimum atomic E-state index is -0.509. The van der Waals surface area contributed by atoms with E-state index in [1.165, 1.54) is 11.5 Å². The monoisotopic (exact) mass is 821 g/mol. The first kappa shape index (κ1) is 39.2. The summed E-state index contributed by atoms with van der Waals surface area (Å²) in [5.74, 6) is 1.11. The molecule has 14 nitrogen and oxygen atoms in total. The molecule has 2 saturated carbocycles. The van der Waals surface area contributed by atoms with Crippen LogP contribution in [0, 0.1) is 30.6 Å². The van der Waals surface area contributed by atoms with Crippen molar-refractivity contribution in [3.8, 4) is 22.5 Å². The van der Waals surface area contributed by atoms with Crippen molar-refractivity contribution in [3.63, 3.8) is 0 Å². The van der Waals surface area contributed by atoms with Crippen LogP contribution in [-0.2, 0) is 30.9 Å². The molecule has 1 aromatic carbocycles. The van der Waals surface area contributed by atoms with Crippen molar-refractivity contribution in [2.24, 2.45) is 16.7 Å². The van der Waals surface area contributed by atoms with Gasteiger partial charge in [-0.3, -0.25) is 23.0 Å². The van der Waals surface area contributed by atoms with Crippen molar-refractivity contribution in [2.75, 3.05) is 50.8 Å². The van der Waals surface area contributed by atoms with Gasteiger partial charge in [0.25, 0.3) is 0 Å². The van der Waals surface area contributed by atoms with Gasteiger partial charge in [-0.25, -0.2) is 19.9 Å². The van der Waals surface area contributed by atoms with E-state index in [2.05, 4.69) is 57.5 Å². The Morgan fingerprint density at radius 1 is 0.864 bits per heavy atom. The first-order valence-corrected chi connectivity index (χ1v) is 20.9. The minimum Gasteiger partial charge on any atom is -0.378 e. The van der Waals surface area contributed by atoms with E-state index in [1.807, 2.05) is 60.9 Å². The van der Waals surface area contributed by atoms with Crippen molar-refractivity contribution in [2.45, 2.75) is 65.3 Å². The zero-order valence-corrected chi connectivity index (χ0v) is 34.4. The molecule has 6 heterocycles. The van der Waals surface area contributed by atoms with E-state index in [0.29, 0.717) is 44.7 Å². The fourth-order valence-electron chi connectivity index (χ4n) is 8.24. The Morgan fingerprint density at radius 3 is 2.19 bits per heavy atom. The molecule has 308 valence electrons. The number of aromatic nitrogens is 9. The normalized spacial score (nSPS) is 21.1. The Kier molecular flexibility index (Phi) is 10.9. The van der Waals surface area contributed by atoms with E-state index in [1.54, 1.807) is 24.8 Å². The quantitative estimate of drug-likeness (QED) is 0.0879. The van der Waals surface area contributed by atoms with Crippen molar-refractivity contribution in [1.82, 2.24) is 54.1 Å². The molecule has 6 aromatic rings. The maximum absolute atomic E-state index is 15.1. The average Bonchev–Trinajstić information content (AvgIpc) is 3.92. The first-order chi connectivity index (χ1) is 28.7. The summed E-state index contributed by atoms with van der Waals surface area (Å²) in [7, 11) is 1.89. The van der Waals surface area contributed by atoms with E-state index < -0.39 is 12.1 Å². The number of hydrogen-bond acceptors (Lipinski definition) is 13. The maximum atomic E-state index is 15.1. The van der Waals surface area contributed by atoms with Crippen molar-refractivity contribution in [3.05, 3.63) is 89.9 Å². The highest BCUT2D eigenvalue weighted by Gasteiger charge is 2.59. The van der Waals surface area contributed by atoms with Crippen LogP contribution in [0.1, 0.15) is 41.6 Å². The number of morpholine rings is 1. The Labute approximate surface area is 346 Å². The van der Waals surface area contributed by atoms with Crippen LogP contribution in [0.5, 0.6) is 0 Å². The van der Waals surface area contributed by atoms with Crippen LogP contribution in [-0.4, -0.2) is 95.0 Å². The van der Waals surface area contributed by atoms with Gasteiger partial charge in [0.15, 0.2) is 0 Å². The third-order valence-electron chi connectivity index (χ3n) is 12.0. The molecule has 17 heteroatoms. The summed E-state index contributed by atoms with van der Waals surface area (Å²) in [4.78, 5) is 21.1. The molecular weight excluding hydrogens is 773 g/mol. The predicted octanol–water partition coefficient (Wildman–Crippen LogP) is 6.90. The number of aryl methyl sites for hydroxylation is 2. The van der Waals surface area contributed by atoms with Gasteiger partial charge in [-0.2, -0.15) is 14.6 Å². The van der Waals surface area contributed by atoms with Gasteiger partial charge in [0.1, 0.15) is 5.00 Å². The standard InChI is InChI=1S/C42H49F2N13OS/c1-27-14-46-39(52-37(27)30-16-48-56(20-30)25-41(23-43)8-9-41)50-32-6-4-29(5-7-32)19-55-10-11-58-22-35(55)34-13-42(34,24-44)26-57-21-31(17-49-57)38-28(2)15-47-40(53-38)51-36-12-33(18-45-3)54-59-36/h4-7,12,14-17,20-21,34-35,45H,8-11,13,18-19,22-26H2,1-3H3,(H,46,50,52)(H,47,51,53). The average molecular weight is 822 g/mol. The number of nitrogens with zero attached hydrogens (tertiary/aromatic N) is 10. The van der Waals surface area contributed by atoms with E-state index >= 15 is 4.39 Å². The summed E-state index contributed by atoms with van der Waals surface area (Å²) in [6.07, 6.45) is 13.7. The molecular formula is C42H49F2N13OS. The van der Waals surface area contributed by atoms with Crippen molar-refractivity contribution < 1.29 is 13.5 Å². The predicted molar refractivity (Wildman–Crippen MR) is 223 cm³/mol. The number of alkyl halides is 2. The highest BCUT2D eigenvalue weighted by atomic mass is 32.1. The van der Waals surface area contributed by atoms with Crippen LogP contribution < -0.4 is 16.0 Å². The van der Waals surface area contributed by atoms with E-state index in [-0.39, 0.29) is 24.0 Å². The third kappa shape index (κ3) is 8.60. The van der Waals surface area contributed by atoms with Gasteiger partial charge < -0.3 is 20.7 Å². The van der Waals surface area contributed by atoms with Crippen molar-refractivity contribution >= 4 is 34.1 Å². The number of benzene rings is 1. The lowest BCUT2D eigenvalue weighted by Crippen LogP contribution is -2.47. The van der Waals surface area contributed by atoms with E-state index in [0.717, 1.165) is 87.9 Å². The van der Waals surface area contributed by atoms with Gasteiger partial charge in [-0.05, 0) is 92.5 Å². The fraction of sp³-hybridized carbons (Fsp3) is 0.452. The van der Waals surface area contributed by atoms with Gasteiger partial charge in [-0.1, -0.05) is 12.1 Å². The first-order valence-electron chi connectivity index (χ1n) is 20.1. The smallest absolute Gasteiger partial charge is 0.228 e. The Hall–Kier alpha value is -5.23. The molecule has 1 saturated heterocycles. The van der Waals surface area contributed by atoms with Crippen LogP contribution in [0.25, 0.3) is 22.5 Å². The highest BCUT2D eigenvalue weighted by Crippen LogP contribution is 2.57. The Morgan fingerprint density at radius 2 is 1.54 bits per heavy atom. The summed E-state index contributed by atoms with van der Waals surface area (Å²) in [5.41, 5.74) is 7.39. The number of nitrogens with one attached hydrogen (secondary N) is 3. The zero-order chi connectivity index (χ0) is 40.6. The molecule has 3 aliphatic rings. The number of hydrogen-bond donors (Lipinski definition) is 3. The molecule has 0 amide bonds. The lowest BCUT2D eigenvalue weighted by molar-refractivity contribution is -0.0268. The number of rotatable bonds is 17. The molecule has 3 fully saturated rings. The minimum absolute atomic E-state index is 0.0981. The molecule has 2 aliphatic carbocycles. The summed E-state index contributed by atoms with van der Waals surface area (Å²) >= 11 is 1.37. The third-order valence-corrected chi connectivity index (χ3v) is 12.7. The topological polar surface area (TPSA) is 149 Å². The molecule has 5 aromatic heterocycles. The molecule has 9 rings (SSSR count). The second-order valence-corrected chi connectivity index (χ2v) is 17.3. The number of anilines is 4. The Balaban J connectivity index is 0.825. The van der Waals surface area contributed by atoms with Crippen molar-refractivity contribution in [1.29, 1.82) is 0 Å². The Bertz CT molecular complexity index is 2400. The van der Waals surface area contributed by atoms with Crippen LogP contribution in [0.2, 0.25) is 0 Å². The molecule has 1 aliphatic heterocycles. The molecule has 3 atom stereocenters. The summed E-state index contributed by atoms with van der Waals surface area (Å²) in [6.45, 7) is 7.70. The summed E-state index contributed by atoms with van der Waals surface area (Å²) in [6, 6.07) is 10.4. The molecule has 59 heavy (non-hydrogen) atoms. The highest BCUT2D eigenvalue weighted by molar-refractivity contribution is 7.10. The largest absolute Gasteiger partial charge is 0.378 e. The number of halogens is 2. The molecule has 3 N–H and O–H groups in total. The van der Waals surface area contributed by atoms with Gasteiger partial charge in [-0.15, -0.1) is 0 Å². The molecule has 0 spiro atoms. The second-order valence-electron chi connectivity index (χ2n) is 16.5. The summed E-state index contributed by atoms with van der Waals surface area (Å²) in [5, 5.41) is 19.8.